The van der Waals surface area contributed by atoms with Crippen molar-refractivity contribution in [2.24, 2.45) is 0 Å². The molecule has 11 heteroatoms. The average molecular weight is 571 g/mol. The van der Waals surface area contributed by atoms with Gasteiger partial charge in [-0.3, -0.25) is 8.98 Å². The molecule has 0 aliphatic rings. The van der Waals surface area contributed by atoms with E-state index in [1.165, 1.54) is 26.4 Å². The molecule has 40 heavy (non-hydrogen) atoms. The highest BCUT2D eigenvalue weighted by atomic mass is 32.2. The summed E-state index contributed by atoms with van der Waals surface area (Å²) in [5.74, 6) is 0.738. The fraction of sp³-hybridized carbons (Fsp3) is 0.276. The number of hydrogen-bond acceptors (Lipinski definition) is 10. The summed E-state index contributed by atoms with van der Waals surface area (Å²) < 4.78 is 63.2. The Labute approximate surface area is 232 Å². The van der Waals surface area contributed by atoms with Gasteiger partial charge in [0.1, 0.15) is 18.8 Å². The normalized spacial score (nSPS) is 11.5. The van der Waals surface area contributed by atoms with Crippen molar-refractivity contribution < 1.29 is 40.7 Å². The molecule has 0 radical (unpaired) electrons. The second-order valence-corrected chi connectivity index (χ2v) is 10.4. The Bertz CT molecular complexity index is 1630. The van der Waals surface area contributed by atoms with E-state index in [4.69, 9.17) is 32.3 Å². The van der Waals surface area contributed by atoms with Crippen LogP contribution in [0.4, 0.5) is 0 Å². The largest absolute Gasteiger partial charge is 0.487 e. The van der Waals surface area contributed by atoms with E-state index in [9.17, 15) is 13.2 Å². The Hall–Kier alpha value is -3.90. The standard InChI is InChI=1S/C29H30O10S/c1-19-5-9-22(10-6-19)40(31,32)38-14-13-35-24-12-8-21(16-26(24)36-17-33-3)28-29(37-18-34-4)27(30)23-11-7-20(2)15-25(23)39-28/h5-12,15-16H,13-14,17-18H2,1-4H3. The molecule has 0 aliphatic heterocycles. The lowest BCUT2D eigenvalue weighted by atomic mass is 10.1. The van der Waals surface area contributed by atoms with Gasteiger partial charge >= 0.3 is 0 Å². The summed E-state index contributed by atoms with van der Waals surface area (Å²) >= 11 is 0. The predicted octanol–water partition coefficient (Wildman–Crippen LogP) is 4.83. The van der Waals surface area contributed by atoms with Gasteiger partial charge in [0.25, 0.3) is 10.1 Å². The third-order valence-electron chi connectivity index (χ3n) is 5.75. The van der Waals surface area contributed by atoms with Crippen molar-refractivity contribution in [2.75, 3.05) is 41.0 Å². The van der Waals surface area contributed by atoms with Gasteiger partial charge in [-0.2, -0.15) is 8.42 Å². The van der Waals surface area contributed by atoms with Gasteiger partial charge in [-0.05, 0) is 61.9 Å². The first-order chi connectivity index (χ1) is 19.2. The van der Waals surface area contributed by atoms with E-state index < -0.39 is 10.1 Å². The zero-order valence-electron chi connectivity index (χ0n) is 22.6. The fourth-order valence-corrected chi connectivity index (χ4v) is 4.69. The summed E-state index contributed by atoms with van der Waals surface area (Å²) in [4.78, 5) is 13.3. The van der Waals surface area contributed by atoms with Gasteiger partial charge in [-0.1, -0.05) is 23.8 Å². The minimum absolute atomic E-state index is 0.0146. The van der Waals surface area contributed by atoms with Crippen LogP contribution in [0.25, 0.3) is 22.3 Å². The Morgan fingerprint density at radius 1 is 0.750 bits per heavy atom. The third kappa shape index (κ3) is 6.80. The number of hydrogen-bond donors (Lipinski definition) is 0. The number of fused-ring (bicyclic) bond motifs is 1. The van der Waals surface area contributed by atoms with Crippen LogP contribution in [0.15, 0.2) is 74.8 Å². The predicted molar refractivity (Wildman–Crippen MR) is 147 cm³/mol. The smallest absolute Gasteiger partial charge is 0.297 e. The number of rotatable bonds is 13. The number of benzene rings is 3. The van der Waals surface area contributed by atoms with Crippen molar-refractivity contribution in [3.63, 3.8) is 0 Å². The number of ether oxygens (including phenoxy) is 5. The molecule has 0 aliphatic carbocycles. The highest BCUT2D eigenvalue weighted by Gasteiger charge is 2.20. The molecular weight excluding hydrogens is 540 g/mol. The molecule has 0 spiro atoms. The lowest BCUT2D eigenvalue weighted by Crippen LogP contribution is -2.14. The summed E-state index contributed by atoms with van der Waals surface area (Å²) in [7, 11) is -1.02. The summed E-state index contributed by atoms with van der Waals surface area (Å²) in [5, 5.41) is 0.372. The molecule has 0 saturated heterocycles. The lowest BCUT2D eigenvalue weighted by Gasteiger charge is -2.15. The lowest BCUT2D eigenvalue weighted by molar-refractivity contribution is 0.0482. The molecule has 0 atom stereocenters. The SMILES string of the molecule is COCOc1cc(-c2oc3cc(C)ccc3c(=O)c2OCOC)ccc1OCCOS(=O)(=O)c1ccc(C)cc1. The molecule has 212 valence electrons. The third-order valence-corrected chi connectivity index (χ3v) is 7.08. The molecule has 1 aromatic heterocycles. The van der Waals surface area contributed by atoms with Gasteiger partial charge in [0.2, 0.25) is 11.2 Å². The Balaban J connectivity index is 1.60. The molecule has 3 aromatic carbocycles. The van der Waals surface area contributed by atoms with Crippen LogP contribution in [0.2, 0.25) is 0 Å². The topological polar surface area (TPSA) is 120 Å². The molecule has 0 bridgehead atoms. The van der Waals surface area contributed by atoms with Crippen molar-refractivity contribution in [1.29, 1.82) is 0 Å². The first-order valence-electron chi connectivity index (χ1n) is 12.3. The van der Waals surface area contributed by atoms with Gasteiger partial charge in [0.15, 0.2) is 30.8 Å². The van der Waals surface area contributed by atoms with Crippen molar-refractivity contribution in [3.05, 3.63) is 82.0 Å². The summed E-state index contributed by atoms with van der Waals surface area (Å²) in [5.41, 5.74) is 2.39. The molecule has 4 rings (SSSR count). The van der Waals surface area contributed by atoms with Crippen LogP contribution in [0.1, 0.15) is 11.1 Å². The molecule has 0 N–H and O–H groups in total. The summed E-state index contributed by atoms with van der Waals surface area (Å²) in [6, 6.07) is 16.5. The van der Waals surface area contributed by atoms with Gasteiger partial charge in [0.05, 0.1) is 10.3 Å². The van der Waals surface area contributed by atoms with Gasteiger partial charge in [-0.25, -0.2) is 0 Å². The number of methoxy groups -OCH3 is 2. The van der Waals surface area contributed by atoms with E-state index >= 15 is 0 Å². The Morgan fingerprint density at radius 3 is 2.17 bits per heavy atom. The number of aryl methyl sites for hydroxylation is 2. The van der Waals surface area contributed by atoms with E-state index in [0.717, 1.165) is 11.1 Å². The van der Waals surface area contributed by atoms with Crippen LogP contribution < -0.4 is 19.6 Å². The maximum absolute atomic E-state index is 13.3. The van der Waals surface area contributed by atoms with Crippen LogP contribution in [0.5, 0.6) is 17.2 Å². The van der Waals surface area contributed by atoms with Crippen LogP contribution >= 0.6 is 0 Å². The minimum atomic E-state index is -3.93. The maximum Gasteiger partial charge on any atom is 0.297 e. The average Bonchev–Trinajstić information content (AvgIpc) is 2.94. The van der Waals surface area contributed by atoms with Crippen molar-refractivity contribution in [3.8, 4) is 28.6 Å². The molecule has 0 saturated carbocycles. The summed E-state index contributed by atoms with van der Waals surface area (Å²) in [6.45, 7) is 3.20. The van der Waals surface area contributed by atoms with Crippen LogP contribution in [-0.4, -0.2) is 49.4 Å². The zero-order valence-corrected chi connectivity index (χ0v) is 23.4. The van der Waals surface area contributed by atoms with Crippen LogP contribution in [0.3, 0.4) is 0 Å². The molecule has 0 fully saturated rings. The molecular formula is C29H30O10S. The van der Waals surface area contributed by atoms with E-state index in [1.54, 1.807) is 42.5 Å². The fourth-order valence-electron chi connectivity index (χ4n) is 3.79. The Morgan fingerprint density at radius 2 is 1.45 bits per heavy atom. The molecule has 1 heterocycles. The Kier molecular flexibility index (Phi) is 9.43. The van der Waals surface area contributed by atoms with Gasteiger partial charge < -0.3 is 28.1 Å². The molecule has 0 unspecified atom stereocenters. The van der Waals surface area contributed by atoms with Crippen molar-refractivity contribution >= 4 is 21.1 Å². The monoisotopic (exact) mass is 570 g/mol. The minimum Gasteiger partial charge on any atom is -0.487 e. The second-order valence-electron chi connectivity index (χ2n) is 8.79. The van der Waals surface area contributed by atoms with E-state index in [1.807, 2.05) is 19.9 Å². The second kappa shape index (κ2) is 13.0. The summed E-state index contributed by atoms with van der Waals surface area (Å²) in [6.07, 6.45) is 0. The molecule has 0 amide bonds. The van der Waals surface area contributed by atoms with Gasteiger partial charge in [0, 0.05) is 19.8 Å². The van der Waals surface area contributed by atoms with Crippen molar-refractivity contribution in [1.82, 2.24) is 0 Å². The van der Waals surface area contributed by atoms with Gasteiger partial charge in [-0.15, -0.1) is 0 Å². The van der Waals surface area contributed by atoms with Crippen LogP contribution in [0, 0.1) is 13.8 Å². The van der Waals surface area contributed by atoms with E-state index in [0.29, 0.717) is 22.3 Å². The van der Waals surface area contributed by atoms with Crippen LogP contribution in [-0.2, 0) is 23.8 Å². The maximum atomic E-state index is 13.3. The highest BCUT2D eigenvalue weighted by molar-refractivity contribution is 7.86. The van der Waals surface area contributed by atoms with E-state index in [-0.39, 0.29) is 54.4 Å². The highest BCUT2D eigenvalue weighted by Crippen LogP contribution is 2.37. The van der Waals surface area contributed by atoms with Crippen molar-refractivity contribution in [2.45, 2.75) is 18.7 Å². The zero-order chi connectivity index (χ0) is 28.7. The van der Waals surface area contributed by atoms with E-state index in [2.05, 4.69) is 0 Å². The molecule has 4 aromatic rings. The first kappa shape index (κ1) is 29.1. The first-order valence-corrected chi connectivity index (χ1v) is 13.7. The molecule has 10 nitrogen and oxygen atoms in total. The quantitative estimate of drug-likeness (QED) is 0.126.